The molecular weight excluding hydrogens is 454 g/mol. The molecule has 0 N–H and O–H groups in total. The first-order chi connectivity index (χ1) is 18.2. The number of fused-ring (bicyclic) bond motifs is 1. The van der Waals surface area contributed by atoms with Crippen LogP contribution >= 0.6 is 0 Å². The normalized spacial score (nSPS) is 15.6. The molecule has 5 rings (SSSR count). The minimum absolute atomic E-state index is 0.520. The first kappa shape index (κ1) is 24.6. The van der Waals surface area contributed by atoms with Crippen LogP contribution in [0.2, 0.25) is 0 Å². The molecule has 3 aromatic carbocycles. The van der Waals surface area contributed by atoms with E-state index in [1.54, 1.807) is 0 Å². The third kappa shape index (κ3) is 5.36. The monoisotopic (exact) mass is 485 g/mol. The van der Waals surface area contributed by atoms with Crippen molar-refractivity contribution in [2.24, 2.45) is 5.92 Å². The number of rotatable bonds is 9. The lowest BCUT2D eigenvalue weighted by molar-refractivity contribution is 0.0854. The van der Waals surface area contributed by atoms with Crippen molar-refractivity contribution in [2.45, 2.75) is 26.2 Å². The molecule has 1 aliphatic carbocycles. The third-order valence-corrected chi connectivity index (χ3v) is 7.32. The van der Waals surface area contributed by atoms with Gasteiger partial charge in [-0.1, -0.05) is 73.7 Å². The Morgan fingerprint density at radius 2 is 1.81 bits per heavy atom. The Balaban J connectivity index is 1.41. The molecule has 0 amide bonds. The number of allylic oxidation sites excluding steroid dienone is 3. The van der Waals surface area contributed by atoms with Crippen LogP contribution in [0.1, 0.15) is 42.0 Å². The number of benzene rings is 3. The molecule has 4 heteroatoms. The zero-order valence-corrected chi connectivity index (χ0v) is 21.3. The van der Waals surface area contributed by atoms with Crippen LogP contribution < -0.4 is 4.74 Å². The summed E-state index contributed by atoms with van der Waals surface area (Å²) in [5, 5.41) is 8.82. The van der Waals surface area contributed by atoms with Gasteiger partial charge in [0.2, 0.25) is 0 Å². The van der Waals surface area contributed by atoms with E-state index in [1.807, 2.05) is 18.2 Å². The minimum atomic E-state index is 0.520. The molecule has 37 heavy (non-hydrogen) atoms. The maximum Gasteiger partial charge on any atom is 0.194 e. The van der Waals surface area contributed by atoms with Gasteiger partial charge in [0, 0.05) is 26.1 Å². The molecule has 3 aromatic rings. The summed E-state index contributed by atoms with van der Waals surface area (Å²) in [5.74, 6) is 1.38. The molecule has 0 unspecified atom stereocenters. The Labute approximate surface area is 219 Å². The van der Waals surface area contributed by atoms with Crippen LogP contribution in [0.5, 0.6) is 5.75 Å². The van der Waals surface area contributed by atoms with Gasteiger partial charge in [0.1, 0.15) is 12.4 Å². The number of nitrogens with zero attached hydrogens (tertiary/aromatic N) is 3. The number of hydrogen-bond acceptors (Lipinski definition) is 3. The zero-order valence-electron chi connectivity index (χ0n) is 21.3. The Morgan fingerprint density at radius 3 is 2.54 bits per heavy atom. The van der Waals surface area contributed by atoms with Crippen molar-refractivity contribution in [3.8, 4) is 11.8 Å². The van der Waals surface area contributed by atoms with Crippen molar-refractivity contribution in [3.05, 3.63) is 112 Å². The maximum atomic E-state index is 8.82. The lowest BCUT2D eigenvalue weighted by Crippen LogP contribution is -2.47. The molecule has 184 valence electrons. The van der Waals surface area contributed by atoms with E-state index >= 15 is 0 Å². The SMILES string of the molecule is [C-]#[N+]c1ccccc1/C(CC)=C(/C1=Cc2ccccc2C1)c1ccc(OCCN2CC(CC#N)C2)cc1. The molecule has 1 aliphatic heterocycles. The van der Waals surface area contributed by atoms with E-state index in [9.17, 15) is 0 Å². The van der Waals surface area contributed by atoms with Gasteiger partial charge in [-0.3, -0.25) is 4.90 Å². The first-order valence-electron chi connectivity index (χ1n) is 13.0. The Morgan fingerprint density at radius 1 is 1.05 bits per heavy atom. The molecule has 0 spiro atoms. The second kappa shape index (κ2) is 11.3. The van der Waals surface area contributed by atoms with Gasteiger partial charge in [0.25, 0.3) is 0 Å². The molecule has 1 fully saturated rings. The highest BCUT2D eigenvalue weighted by atomic mass is 16.5. The zero-order chi connectivity index (χ0) is 25.6. The van der Waals surface area contributed by atoms with Gasteiger partial charge < -0.3 is 4.74 Å². The average molecular weight is 486 g/mol. The number of likely N-dealkylation sites (tertiary alicyclic amines) is 1. The van der Waals surface area contributed by atoms with E-state index in [-0.39, 0.29) is 0 Å². The van der Waals surface area contributed by atoms with E-state index in [1.165, 1.54) is 27.8 Å². The fourth-order valence-corrected chi connectivity index (χ4v) is 5.45. The van der Waals surface area contributed by atoms with Crippen LogP contribution in [0.15, 0.2) is 78.4 Å². The quantitative estimate of drug-likeness (QED) is 0.234. The van der Waals surface area contributed by atoms with E-state index < -0.39 is 0 Å². The van der Waals surface area contributed by atoms with Gasteiger partial charge in [-0.05, 0) is 69.9 Å². The number of ether oxygens (including phenoxy) is 1. The van der Waals surface area contributed by atoms with Gasteiger partial charge in [0.05, 0.1) is 12.6 Å². The molecule has 1 heterocycles. The van der Waals surface area contributed by atoms with Crippen molar-refractivity contribution in [1.29, 1.82) is 5.26 Å². The minimum Gasteiger partial charge on any atom is -0.492 e. The summed E-state index contributed by atoms with van der Waals surface area (Å²) in [6.07, 6.45) is 4.67. The van der Waals surface area contributed by atoms with Crippen molar-refractivity contribution < 1.29 is 4.74 Å². The summed E-state index contributed by atoms with van der Waals surface area (Å²) in [6.45, 7) is 13.4. The van der Waals surface area contributed by atoms with Crippen LogP contribution in [0.4, 0.5) is 5.69 Å². The Kier molecular flexibility index (Phi) is 7.50. The summed E-state index contributed by atoms with van der Waals surface area (Å²) in [6, 6.07) is 27.2. The van der Waals surface area contributed by atoms with Crippen LogP contribution in [0, 0.1) is 23.8 Å². The van der Waals surface area contributed by atoms with E-state index in [4.69, 9.17) is 16.6 Å². The maximum absolute atomic E-state index is 8.82. The van der Waals surface area contributed by atoms with Crippen LogP contribution in [-0.2, 0) is 6.42 Å². The van der Waals surface area contributed by atoms with Crippen molar-refractivity contribution in [1.82, 2.24) is 4.90 Å². The molecule has 4 nitrogen and oxygen atoms in total. The van der Waals surface area contributed by atoms with Crippen LogP contribution in [0.25, 0.3) is 22.1 Å². The molecule has 2 aliphatic rings. The van der Waals surface area contributed by atoms with Crippen molar-refractivity contribution in [3.63, 3.8) is 0 Å². The molecule has 0 aromatic heterocycles. The van der Waals surface area contributed by atoms with Crippen molar-refractivity contribution in [2.75, 3.05) is 26.2 Å². The molecule has 0 bridgehead atoms. The summed E-state index contributed by atoms with van der Waals surface area (Å²) in [5.41, 5.74) is 9.15. The van der Waals surface area contributed by atoms with Gasteiger partial charge >= 0.3 is 0 Å². The van der Waals surface area contributed by atoms with E-state index in [0.717, 1.165) is 49.4 Å². The first-order valence-corrected chi connectivity index (χ1v) is 13.0. The number of para-hydroxylation sites is 1. The topological polar surface area (TPSA) is 40.6 Å². The molecular formula is C33H31N3O. The Bertz CT molecular complexity index is 1410. The lowest BCUT2D eigenvalue weighted by Gasteiger charge is -2.37. The molecule has 0 atom stereocenters. The average Bonchev–Trinajstić information content (AvgIpc) is 3.34. The van der Waals surface area contributed by atoms with E-state index in [0.29, 0.717) is 24.6 Å². The van der Waals surface area contributed by atoms with Gasteiger partial charge in [-0.25, -0.2) is 4.85 Å². The largest absolute Gasteiger partial charge is 0.492 e. The summed E-state index contributed by atoms with van der Waals surface area (Å²) in [4.78, 5) is 6.16. The van der Waals surface area contributed by atoms with Gasteiger partial charge in [-0.15, -0.1) is 0 Å². The summed E-state index contributed by atoms with van der Waals surface area (Å²) >= 11 is 0. The fraction of sp³-hybridized carbons (Fsp3) is 0.273. The molecule has 0 saturated carbocycles. The summed E-state index contributed by atoms with van der Waals surface area (Å²) in [7, 11) is 0. The summed E-state index contributed by atoms with van der Waals surface area (Å²) < 4.78 is 6.05. The van der Waals surface area contributed by atoms with Crippen LogP contribution in [0.3, 0.4) is 0 Å². The van der Waals surface area contributed by atoms with Crippen molar-refractivity contribution >= 4 is 22.9 Å². The third-order valence-electron chi connectivity index (χ3n) is 7.32. The highest BCUT2D eigenvalue weighted by molar-refractivity contribution is 6.03. The predicted octanol–water partition coefficient (Wildman–Crippen LogP) is 7.42. The number of nitriles is 1. The highest BCUT2D eigenvalue weighted by Gasteiger charge is 2.26. The van der Waals surface area contributed by atoms with Crippen LogP contribution in [-0.4, -0.2) is 31.1 Å². The predicted molar refractivity (Wildman–Crippen MR) is 150 cm³/mol. The fourth-order valence-electron chi connectivity index (χ4n) is 5.45. The second-order valence-corrected chi connectivity index (χ2v) is 9.74. The number of hydrogen-bond donors (Lipinski definition) is 0. The molecule has 0 radical (unpaired) electrons. The van der Waals surface area contributed by atoms with Gasteiger partial charge in [0.15, 0.2) is 5.69 Å². The van der Waals surface area contributed by atoms with Gasteiger partial charge in [-0.2, -0.15) is 5.26 Å². The highest BCUT2D eigenvalue weighted by Crippen LogP contribution is 2.42. The second-order valence-electron chi connectivity index (χ2n) is 9.74. The van der Waals surface area contributed by atoms with E-state index in [2.05, 4.69) is 83.4 Å². The Hall–Kier alpha value is -4.12. The smallest absolute Gasteiger partial charge is 0.194 e. The standard InChI is InChI=1S/C33H31N3O/c1-3-30(31-10-6-7-11-32(31)35-2)33(28-20-26-8-4-5-9-27(26)21-28)25-12-14-29(15-13-25)37-19-18-36-22-24(23-36)16-17-34/h4-15,20,24H,3,16,18-19,21-23H2,1H3/b33-30+. The lowest BCUT2D eigenvalue weighted by atomic mass is 9.86. The molecule has 1 saturated heterocycles.